The predicted molar refractivity (Wildman–Crippen MR) is 87.6 cm³/mol. The molecule has 0 atom stereocenters. The van der Waals surface area contributed by atoms with Crippen molar-refractivity contribution in [3.63, 3.8) is 0 Å². The molecule has 0 bridgehead atoms. The van der Waals surface area contributed by atoms with Crippen LogP contribution in [0.2, 0.25) is 0 Å². The third-order valence-electron chi connectivity index (χ3n) is 3.51. The van der Waals surface area contributed by atoms with E-state index in [-0.39, 0.29) is 18.3 Å². The molecule has 0 saturated carbocycles. The van der Waals surface area contributed by atoms with E-state index in [2.05, 4.69) is 0 Å². The molecular formula is C18H20F2N2O2. The number of carbonyl (C=O) groups excluding carboxylic acids is 1. The Morgan fingerprint density at radius 3 is 2.50 bits per heavy atom. The van der Waals surface area contributed by atoms with Gasteiger partial charge in [0.25, 0.3) is 5.91 Å². The SMILES string of the molecule is NCCN(CCc1ccccc1)C(=O)COc1ccc(F)cc1F. The van der Waals surface area contributed by atoms with Crippen LogP contribution >= 0.6 is 0 Å². The lowest BCUT2D eigenvalue weighted by molar-refractivity contribution is -0.133. The van der Waals surface area contributed by atoms with E-state index in [1.54, 1.807) is 4.90 Å². The molecule has 0 saturated heterocycles. The van der Waals surface area contributed by atoms with Crippen molar-refractivity contribution in [1.29, 1.82) is 0 Å². The first kappa shape index (κ1) is 17.9. The second-order valence-corrected chi connectivity index (χ2v) is 5.27. The van der Waals surface area contributed by atoms with Crippen LogP contribution in [0, 0.1) is 11.6 Å². The molecule has 0 spiro atoms. The van der Waals surface area contributed by atoms with Gasteiger partial charge in [0.15, 0.2) is 18.2 Å². The minimum absolute atomic E-state index is 0.152. The Bertz CT molecular complexity index is 665. The van der Waals surface area contributed by atoms with E-state index in [0.29, 0.717) is 32.1 Å². The molecule has 4 nitrogen and oxygen atoms in total. The van der Waals surface area contributed by atoms with Crippen molar-refractivity contribution < 1.29 is 18.3 Å². The highest BCUT2D eigenvalue weighted by Crippen LogP contribution is 2.17. The van der Waals surface area contributed by atoms with E-state index in [4.69, 9.17) is 10.5 Å². The molecule has 0 radical (unpaired) electrons. The number of amides is 1. The van der Waals surface area contributed by atoms with Crippen molar-refractivity contribution in [3.05, 3.63) is 65.7 Å². The normalized spacial score (nSPS) is 10.5. The molecule has 2 aromatic rings. The standard InChI is InChI=1S/C18H20F2N2O2/c19-15-6-7-17(16(20)12-15)24-13-18(23)22(11-9-21)10-8-14-4-2-1-3-5-14/h1-7,12H,8-11,13,21H2. The second-order valence-electron chi connectivity index (χ2n) is 5.27. The molecule has 0 aliphatic rings. The monoisotopic (exact) mass is 334 g/mol. The average Bonchev–Trinajstić information content (AvgIpc) is 2.58. The molecule has 2 N–H and O–H groups in total. The Morgan fingerprint density at radius 2 is 1.83 bits per heavy atom. The van der Waals surface area contributed by atoms with Gasteiger partial charge in [0, 0.05) is 25.7 Å². The van der Waals surface area contributed by atoms with Crippen LogP contribution in [-0.4, -0.2) is 37.0 Å². The van der Waals surface area contributed by atoms with Gasteiger partial charge in [-0.05, 0) is 24.1 Å². The fourth-order valence-corrected chi connectivity index (χ4v) is 2.25. The number of nitrogens with two attached hydrogens (primary N) is 1. The third kappa shape index (κ3) is 5.31. The molecule has 0 aromatic heterocycles. The van der Waals surface area contributed by atoms with Gasteiger partial charge in [-0.25, -0.2) is 8.78 Å². The average molecular weight is 334 g/mol. The van der Waals surface area contributed by atoms with Crippen molar-refractivity contribution in [2.75, 3.05) is 26.2 Å². The Morgan fingerprint density at radius 1 is 1.08 bits per heavy atom. The van der Waals surface area contributed by atoms with Gasteiger partial charge < -0.3 is 15.4 Å². The van der Waals surface area contributed by atoms with E-state index in [1.807, 2.05) is 30.3 Å². The van der Waals surface area contributed by atoms with E-state index < -0.39 is 11.6 Å². The molecule has 128 valence electrons. The Hall–Kier alpha value is -2.47. The minimum Gasteiger partial charge on any atom is -0.481 e. The lowest BCUT2D eigenvalue weighted by Crippen LogP contribution is -2.39. The predicted octanol–water partition coefficient (Wildman–Crippen LogP) is 2.37. The second kappa shape index (κ2) is 8.98. The minimum atomic E-state index is -0.836. The van der Waals surface area contributed by atoms with Crippen LogP contribution in [0.5, 0.6) is 5.75 Å². The highest BCUT2D eigenvalue weighted by Gasteiger charge is 2.15. The number of halogens is 2. The first-order valence-corrected chi connectivity index (χ1v) is 7.70. The largest absolute Gasteiger partial charge is 0.481 e. The van der Waals surface area contributed by atoms with Gasteiger partial charge in [-0.2, -0.15) is 0 Å². The highest BCUT2D eigenvalue weighted by molar-refractivity contribution is 5.77. The molecule has 0 unspecified atom stereocenters. The van der Waals surface area contributed by atoms with E-state index in [0.717, 1.165) is 17.7 Å². The fourth-order valence-electron chi connectivity index (χ4n) is 2.25. The summed E-state index contributed by atoms with van der Waals surface area (Å²) in [4.78, 5) is 13.8. The van der Waals surface area contributed by atoms with Gasteiger partial charge in [-0.15, -0.1) is 0 Å². The summed E-state index contributed by atoms with van der Waals surface area (Å²) >= 11 is 0. The van der Waals surface area contributed by atoms with Crippen molar-refractivity contribution >= 4 is 5.91 Å². The number of ether oxygens (including phenoxy) is 1. The zero-order valence-corrected chi connectivity index (χ0v) is 13.3. The van der Waals surface area contributed by atoms with Gasteiger partial charge in [-0.1, -0.05) is 30.3 Å². The molecule has 1 amide bonds. The number of carbonyl (C=O) groups is 1. The lowest BCUT2D eigenvalue weighted by Gasteiger charge is -2.22. The van der Waals surface area contributed by atoms with Crippen LogP contribution in [0.4, 0.5) is 8.78 Å². The maximum atomic E-state index is 13.5. The number of hydrogen-bond acceptors (Lipinski definition) is 3. The van der Waals surface area contributed by atoms with E-state index >= 15 is 0 Å². The third-order valence-corrected chi connectivity index (χ3v) is 3.51. The Labute approximate surface area is 139 Å². The zero-order valence-electron chi connectivity index (χ0n) is 13.3. The molecule has 0 aliphatic carbocycles. The molecule has 2 aromatic carbocycles. The molecular weight excluding hydrogens is 314 g/mol. The summed E-state index contributed by atoms with van der Waals surface area (Å²) in [5.41, 5.74) is 6.66. The van der Waals surface area contributed by atoms with E-state index in [9.17, 15) is 13.6 Å². The maximum Gasteiger partial charge on any atom is 0.260 e. The van der Waals surface area contributed by atoms with Gasteiger partial charge in [0.1, 0.15) is 5.82 Å². The first-order valence-electron chi connectivity index (χ1n) is 7.70. The van der Waals surface area contributed by atoms with Gasteiger partial charge in [-0.3, -0.25) is 4.79 Å². The van der Waals surface area contributed by atoms with Crippen LogP contribution in [-0.2, 0) is 11.2 Å². The van der Waals surface area contributed by atoms with Crippen LogP contribution < -0.4 is 10.5 Å². The summed E-state index contributed by atoms with van der Waals surface area (Å²) in [5, 5.41) is 0. The smallest absolute Gasteiger partial charge is 0.260 e. The zero-order chi connectivity index (χ0) is 17.4. The quantitative estimate of drug-likeness (QED) is 0.806. The van der Waals surface area contributed by atoms with Crippen LogP contribution in [0.3, 0.4) is 0 Å². The maximum absolute atomic E-state index is 13.5. The van der Waals surface area contributed by atoms with Crippen molar-refractivity contribution in [2.24, 2.45) is 5.73 Å². The molecule has 6 heteroatoms. The summed E-state index contributed by atoms with van der Waals surface area (Å²) in [7, 11) is 0. The number of nitrogens with zero attached hydrogens (tertiary/aromatic N) is 1. The topological polar surface area (TPSA) is 55.6 Å². The summed E-state index contributed by atoms with van der Waals surface area (Å²) in [6.45, 7) is 0.888. The Balaban J connectivity index is 1.90. The van der Waals surface area contributed by atoms with Crippen LogP contribution in [0.1, 0.15) is 5.56 Å². The molecule has 2 rings (SSSR count). The summed E-state index contributed by atoms with van der Waals surface area (Å²) in [5.74, 6) is -1.98. The fraction of sp³-hybridized carbons (Fsp3) is 0.278. The molecule has 0 heterocycles. The van der Waals surface area contributed by atoms with Gasteiger partial charge in [0.05, 0.1) is 0 Å². The lowest BCUT2D eigenvalue weighted by atomic mass is 10.1. The number of rotatable bonds is 8. The van der Waals surface area contributed by atoms with Crippen molar-refractivity contribution in [2.45, 2.75) is 6.42 Å². The highest BCUT2D eigenvalue weighted by atomic mass is 19.1. The number of hydrogen-bond donors (Lipinski definition) is 1. The first-order chi connectivity index (χ1) is 11.6. The van der Waals surface area contributed by atoms with Crippen LogP contribution in [0.25, 0.3) is 0 Å². The Kier molecular flexibility index (Phi) is 6.69. The van der Waals surface area contributed by atoms with Gasteiger partial charge >= 0.3 is 0 Å². The van der Waals surface area contributed by atoms with Crippen molar-refractivity contribution in [3.8, 4) is 5.75 Å². The van der Waals surface area contributed by atoms with Gasteiger partial charge in [0.2, 0.25) is 0 Å². The number of benzene rings is 2. The van der Waals surface area contributed by atoms with E-state index in [1.165, 1.54) is 0 Å². The molecule has 0 aliphatic heterocycles. The summed E-state index contributed by atoms with van der Waals surface area (Å²) in [6.07, 6.45) is 0.692. The molecule has 24 heavy (non-hydrogen) atoms. The molecule has 0 fully saturated rings. The van der Waals surface area contributed by atoms with Crippen LogP contribution in [0.15, 0.2) is 48.5 Å². The summed E-state index contributed by atoms with van der Waals surface area (Å²) in [6, 6.07) is 12.7. The summed E-state index contributed by atoms with van der Waals surface area (Å²) < 4.78 is 31.5. The van der Waals surface area contributed by atoms with Crippen molar-refractivity contribution in [1.82, 2.24) is 4.90 Å².